The third kappa shape index (κ3) is 43.5. The van der Waals surface area contributed by atoms with Crippen LogP contribution in [0.4, 0.5) is 0 Å². The number of carboxylic acids is 2. The van der Waals surface area contributed by atoms with Crippen LogP contribution in [0.15, 0.2) is 24.3 Å². The standard InChI is InChI=1S/2C18H34O2/c2*1-2-3-4-5-6-7-8-9-10-11-12-13-14-15-16-17-18(19)20/h2*12-13H,2-11,14-17H2,1H3,(H,19,20)/b2*13-12-. The van der Waals surface area contributed by atoms with E-state index in [9.17, 15) is 9.59 Å². The lowest BCUT2D eigenvalue weighted by atomic mass is 10.1. The Morgan fingerprint density at radius 1 is 0.375 bits per heavy atom. The number of aliphatic carboxylic acids is 2. The minimum atomic E-state index is -0.677. The summed E-state index contributed by atoms with van der Waals surface area (Å²) in [6.45, 7) is 4.53. The molecule has 0 heterocycles. The minimum Gasteiger partial charge on any atom is -0.481 e. The van der Waals surface area contributed by atoms with Gasteiger partial charge in [-0.2, -0.15) is 0 Å². The van der Waals surface area contributed by atoms with Crippen molar-refractivity contribution >= 4 is 11.9 Å². The fourth-order valence-corrected chi connectivity index (χ4v) is 4.69. The third-order valence-corrected chi connectivity index (χ3v) is 7.30. The van der Waals surface area contributed by atoms with Crippen molar-refractivity contribution in [2.24, 2.45) is 0 Å². The van der Waals surface area contributed by atoms with Crippen molar-refractivity contribution in [2.75, 3.05) is 0 Å². The first-order valence-corrected chi connectivity index (χ1v) is 17.3. The molecule has 0 radical (unpaired) electrons. The van der Waals surface area contributed by atoms with Crippen LogP contribution in [0.5, 0.6) is 0 Å². The molecule has 4 nitrogen and oxygen atoms in total. The van der Waals surface area contributed by atoms with E-state index >= 15 is 0 Å². The van der Waals surface area contributed by atoms with Gasteiger partial charge in [0.25, 0.3) is 0 Å². The Kier molecular flexibility index (Phi) is 37.9. The van der Waals surface area contributed by atoms with Crippen molar-refractivity contribution in [3.8, 4) is 0 Å². The first-order valence-electron chi connectivity index (χ1n) is 17.3. The summed E-state index contributed by atoms with van der Waals surface area (Å²) in [4.78, 5) is 20.6. The fourth-order valence-electron chi connectivity index (χ4n) is 4.69. The average molecular weight is 565 g/mol. The molecule has 0 atom stereocenters. The Morgan fingerprint density at radius 2 is 0.600 bits per heavy atom. The van der Waals surface area contributed by atoms with Crippen LogP contribution in [0.25, 0.3) is 0 Å². The molecule has 0 aromatic rings. The maximum Gasteiger partial charge on any atom is 0.303 e. The molecule has 0 amide bonds. The lowest BCUT2D eigenvalue weighted by molar-refractivity contribution is -0.138. The van der Waals surface area contributed by atoms with Gasteiger partial charge in [0.1, 0.15) is 0 Å². The number of allylic oxidation sites excluding steroid dienone is 4. The second-order valence-electron chi connectivity index (χ2n) is 11.5. The summed E-state index contributed by atoms with van der Waals surface area (Å²) >= 11 is 0. The third-order valence-electron chi connectivity index (χ3n) is 7.30. The van der Waals surface area contributed by atoms with Gasteiger partial charge < -0.3 is 10.2 Å². The average Bonchev–Trinajstić information content (AvgIpc) is 2.93. The van der Waals surface area contributed by atoms with Gasteiger partial charge in [-0.15, -0.1) is 0 Å². The summed E-state index contributed by atoms with van der Waals surface area (Å²) in [7, 11) is 0. The Bertz CT molecular complexity index is 517. The Hall–Kier alpha value is -1.58. The summed E-state index contributed by atoms with van der Waals surface area (Å²) in [5, 5.41) is 17.0. The molecule has 0 aliphatic rings. The van der Waals surface area contributed by atoms with Gasteiger partial charge in [-0.3, -0.25) is 9.59 Å². The predicted octanol–water partition coefficient (Wildman–Crippen LogP) is 12.2. The van der Waals surface area contributed by atoms with Gasteiger partial charge in [0.15, 0.2) is 0 Å². The van der Waals surface area contributed by atoms with Gasteiger partial charge >= 0.3 is 11.9 Å². The lowest BCUT2D eigenvalue weighted by Crippen LogP contribution is -1.92. The number of hydrogen-bond acceptors (Lipinski definition) is 2. The topological polar surface area (TPSA) is 74.6 Å². The molecule has 0 unspecified atom stereocenters. The summed E-state index contributed by atoms with van der Waals surface area (Å²) in [5.41, 5.74) is 0. The fraction of sp³-hybridized carbons (Fsp3) is 0.833. The number of unbranched alkanes of at least 4 members (excludes halogenated alkanes) is 22. The molecule has 0 aliphatic carbocycles. The van der Waals surface area contributed by atoms with Gasteiger partial charge in [-0.05, 0) is 64.2 Å². The largest absolute Gasteiger partial charge is 0.481 e. The van der Waals surface area contributed by atoms with E-state index in [1.807, 2.05) is 0 Å². The zero-order valence-corrected chi connectivity index (χ0v) is 26.8. The number of carbonyl (C=O) groups is 2. The van der Waals surface area contributed by atoms with Crippen molar-refractivity contribution in [1.29, 1.82) is 0 Å². The molecule has 2 N–H and O–H groups in total. The molecule has 4 heteroatoms. The molecule has 0 aliphatic heterocycles. The molecule has 0 bridgehead atoms. The minimum absolute atomic E-state index is 0.312. The van der Waals surface area contributed by atoms with Crippen LogP contribution in [-0.2, 0) is 9.59 Å². The highest BCUT2D eigenvalue weighted by Crippen LogP contribution is 2.12. The predicted molar refractivity (Wildman–Crippen MR) is 174 cm³/mol. The van der Waals surface area contributed by atoms with E-state index in [0.29, 0.717) is 12.8 Å². The zero-order chi connectivity index (χ0) is 29.8. The van der Waals surface area contributed by atoms with Crippen LogP contribution in [0.3, 0.4) is 0 Å². The Labute approximate surface area is 249 Å². The first kappa shape index (κ1) is 40.6. The maximum absolute atomic E-state index is 10.3. The summed E-state index contributed by atoms with van der Waals surface area (Å²) in [5.74, 6) is -1.35. The molecule has 0 rings (SSSR count). The van der Waals surface area contributed by atoms with Gasteiger partial charge in [-0.25, -0.2) is 0 Å². The van der Waals surface area contributed by atoms with E-state index in [1.165, 1.54) is 128 Å². The van der Waals surface area contributed by atoms with Crippen molar-refractivity contribution in [1.82, 2.24) is 0 Å². The van der Waals surface area contributed by atoms with Crippen LogP contribution < -0.4 is 0 Å². The van der Waals surface area contributed by atoms with Crippen LogP contribution in [0.1, 0.15) is 194 Å². The van der Waals surface area contributed by atoms with Crippen molar-refractivity contribution in [3.63, 3.8) is 0 Å². The lowest BCUT2D eigenvalue weighted by Gasteiger charge is -2.00. The molecule has 236 valence electrons. The molecule has 0 fully saturated rings. The molecule has 0 saturated heterocycles. The van der Waals surface area contributed by atoms with E-state index < -0.39 is 11.9 Å². The molecule has 0 aromatic heterocycles. The normalized spacial score (nSPS) is 11.2. The number of rotatable bonds is 30. The van der Waals surface area contributed by atoms with Crippen LogP contribution >= 0.6 is 0 Å². The Morgan fingerprint density at radius 3 is 0.850 bits per heavy atom. The smallest absolute Gasteiger partial charge is 0.303 e. The molecule has 0 aromatic carbocycles. The SMILES string of the molecule is CCCCCCCCCCC/C=C\CCCCC(=O)O.CCCCCCCCCCC/C=C\CCCCC(=O)O. The molecular formula is C36H68O4. The second kappa shape index (κ2) is 37.4. The van der Waals surface area contributed by atoms with Crippen molar-refractivity contribution < 1.29 is 19.8 Å². The van der Waals surface area contributed by atoms with E-state index in [2.05, 4.69) is 38.2 Å². The van der Waals surface area contributed by atoms with E-state index in [-0.39, 0.29) is 0 Å². The monoisotopic (exact) mass is 565 g/mol. The van der Waals surface area contributed by atoms with E-state index in [4.69, 9.17) is 10.2 Å². The van der Waals surface area contributed by atoms with E-state index in [1.54, 1.807) is 0 Å². The summed E-state index contributed by atoms with van der Waals surface area (Å²) in [6, 6.07) is 0. The summed E-state index contributed by atoms with van der Waals surface area (Å²) in [6.07, 6.45) is 42.5. The van der Waals surface area contributed by atoms with Crippen LogP contribution in [0, 0.1) is 0 Å². The molecule has 0 saturated carbocycles. The molecule has 0 spiro atoms. The Balaban J connectivity index is 0. The number of hydrogen-bond donors (Lipinski definition) is 2. The highest BCUT2D eigenvalue weighted by molar-refractivity contribution is 5.66. The van der Waals surface area contributed by atoms with Crippen molar-refractivity contribution in [2.45, 2.75) is 194 Å². The summed E-state index contributed by atoms with van der Waals surface area (Å²) < 4.78 is 0. The van der Waals surface area contributed by atoms with Gasteiger partial charge in [0, 0.05) is 12.8 Å². The highest BCUT2D eigenvalue weighted by atomic mass is 16.4. The van der Waals surface area contributed by atoms with Crippen LogP contribution in [-0.4, -0.2) is 22.2 Å². The maximum atomic E-state index is 10.3. The highest BCUT2D eigenvalue weighted by Gasteiger charge is 1.96. The first-order chi connectivity index (χ1) is 19.5. The second-order valence-corrected chi connectivity index (χ2v) is 11.5. The zero-order valence-electron chi connectivity index (χ0n) is 26.8. The molecular weight excluding hydrogens is 496 g/mol. The van der Waals surface area contributed by atoms with Crippen molar-refractivity contribution in [3.05, 3.63) is 24.3 Å². The van der Waals surface area contributed by atoms with Gasteiger partial charge in [0.2, 0.25) is 0 Å². The molecule has 40 heavy (non-hydrogen) atoms. The van der Waals surface area contributed by atoms with Gasteiger partial charge in [0.05, 0.1) is 0 Å². The van der Waals surface area contributed by atoms with Gasteiger partial charge in [-0.1, -0.05) is 141 Å². The number of carboxylic acid groups (broad SMARTS) is 2. The van der Waals surface area contributed by atoms with E-state index in [0.717, 1.165) is 38.5 Å². The quantitative estimate of drug-likeness (QED) is 0.0672. The van der Waals surface area contributed by atoms with Crippen LogP contribution in [0.2, 0.25) is 0 Å².